The topological polar surface area (TPSA) is 37.4 Å². The monoisotopic (exact) mass is 298 g/mol. The maximum absolute atomic E-state index is 9.75. The average molecular weight is 298 g/mol. The highest BCUT2D eigenvalue weighted by Crippen LogP contribution is 2.27. The Balaban J connectivity index is 0.000000383. The van der Waals surface area contributed by atoms with Crippen molar-refractivity contribution in [3.8, 4) is 5.75 Å². The first-order valence-corrected chi connectivity index (χ1v) is 5.88. The Morgan fingerprint density at radius 2 is 1.43 bits per heavy atom. The molecule has 2 aromatic carbocycles. The first-order chi connectivity index (χ1) is 9.90. The third-order valence-electron chi connectivity index (χ3n) is 2.21. The van der Waals surface area contributed by atoms with Gasteiger partial charge in [-0.25, -0.2) is 0 Å². The van der Waals surface area contributed by atoms with Crippen molar-refractivity contribution in [1.29, 1.82) is 5.39 Å². The molecule has 0 aliphatic carbocycles. The van der Waals surface area contributed by atoms with Crippen LogP contribution in [0, 0.1) is 5.39 Å². The largest absolute Gasteiger partial charge is 0.673 e. The summed E-state index contributed by atoms with van der Waals surface area (Å²) < 4.78 is 44.6. The van der Waals surface area contributed by atoms with Crippen molar-refractivity contribution in [2.75, 3.05) is 0 Å². The van der Waals surface area contributed by atoms with Crippen LogP contribution in [0.3, 0.4) is 0 Å². The van der Waals surface area contributed by atoms with Gasteiger partial charge in [-0.2, -0.15) is 0 Å². The molecule has 0 radical (unpaired) electrons. The molecule has 0 saturated carbocycles. The van der Waals surface area contributed by atoms with Crippen LogP contribution in [0.25, 0.3) is 4.98 Å². The van der Waals surface area contributed by atoms with Gasteiger partial charge in [0.15, 0.2) is 4.98 Å². The van der Waals surface area contributed by atoms with Gasteiger partial charge in [-0.3, -0.25) is 0 Å². The molecule has 0 fully saturated rings. The lowest BCUT2D eigenvalue weighted by Gasteiger charge is -2.03. The highest BCUT2D eigenvalue weighted by molar-refractivity contribution is 6.50. The molecule has 0 aliphatic heterocycles. The second-order valence-electron chi connectivity index (χ2n) is 3.84. The summed E-state index contributed by atoms with van der Waals surface area (Å²) >= 11 is 0. The number of diazo groups is 1. The van der Waals surface area contributed by atoms with Gasteiger partial charge in [0.2, 0.25) is 11.1 Å². The molecular formula is C13H11BF4N2O. The minimum atomic E-state index is -6.00. The second kappa shape index (κ2) is 7.90. The number of nitrogens with zero attached hydrogens (tertiary/aromatic N) is 2. The summed E-state index contributed by atoms with van der Waals surface area (Å²) in [7, 11) is -6.00. The van der Waals surface area contributed by atoms with Crippen molar-refractivity contribution in [3.05, 3.63) is 65.1 Å². The number of hydrogen-bond donors (Lipinski definition) is 0. The Kier molecular flexibility index (Phi) is 6.20. The molecule has 0 bridgehead atoms. The van der Waals surface area contributed by atoms with Crippen molar-refractivity contribution >= 4 is 12.9 Å². The molecule has 0 aromatic heterocycles. The van der Waals surface area contributed by atoms with Crippen molar-refractivity contribution in [1.82, 2.24) is 0 Å². The molecule has 0 spiro atoms. The molecule has 8 heteroatoms. The zero-order chi connectivity index (χ0) is 15.7. The predicted molar refractivity (Wildman–Crippen MR) is 72.1 cm³/mol. The molecule has 0 heterocycles. The Labute approximate surface area is 118 Å². The molecule has 0 aliphatic rings. The summed E-state index contributed by atoms with van der Waals surface area (Å²) in [4.78, 5) is 3.16. The van der Waals surface area contributed by atoms with Crippen LogP contribution in [0.2, 0.25) is 0 Å². The van der Waals surface area contributed by atoms with Crippen molar-refractivity contribution in [2.24, 2.45) is 0 Å². The summed E-state index contributed by atoms with van der Waals surface area (Å²) in [5.41, 5.74) is 1.52. The first kappa shape index (κ1) is 16.5. The van der Waals surface area contributed by atoms with Gasteiger partial charge < -0.3 is 22.0 Å². The highest BCUT2D eigenvalue weighted by Gasteiger charge is 2.20. The zero-order valence-electron chi connectivity index (χ0n) is 10.8. The third kappa shape index (κ3) is 7.57. The fraction of sp³-hybridized carbons (Fsp3) is 0.0769. The van der Waals surface area contributed by atoms with Crippen LogP contribution in [0.1, 0.15) is 5.56 Å². The van der Waals surface area contributed by atoms with Crippen molar-refractivity contribution < 1.29 is 22.0 Å². The maximum atomic E-state index is 9.75. The van der Waals surface area contributed by atoms with E-state index in [1.165, 1.54) is 0 Å². The van der Waals surface area contributed by atoms with Crippen molar-refractivity contribution in [3.63, 3.8) is 0 Å². The van der Waals surface area contributed by atoms with E-state index in [4.69, 9.17) is 10.1 Å². The lowest BCUT2D eigenvalue weighted by Crippen LogP contribution is -2.02. The van der Waals surface area contributed by atoms with E-state index in [2.05, 4.69) is 4.98 Å². The lowest BCUT2D eigenvalue weighted by atomic mass is 10.2. The van der Waals surface area contributed by atoms with Crippen LogP contribution in [0.15, 0.2) is 54.6 Å². The van der Waals surface area contributed by atoms with Crippen molar-refractivity contribution in [2.45, 2.75) is 6.61 Å². The highest BCUT2D eigenvalue weighted by atomic mass is 19.5. The van der Waals surface area contributed by atoms with Crippen LogP contribution < -0.4 is 4.74 Å². The molecule has 3 nitrogen and oxygen atoms in total. The molecule has 0 atom stereocenters. The standard InChI is InChI=1S/C13H11N2O.BF4/c14-15-12-8-4-5-9-13(12)16-10-11-6-2-1-3-7-11;2-1(3,4)5/h1-9H,10H2;/q+1;-1. The van der Waals surface area contributed by atoms with E-state index in [0.717, 1.165) is 5.56 Å². The molecular weight excluding hydrogens is 287 g/mol. The molecule has 110 valence electrons. The molecule has 0 N–H and O–H groups in total. The van der Waals surface area contributed by atoms with E-state index >= 15 is 0 Å². The van der Waals surface area contributed by atoms with E-state index in [0.29, 0.717) is 18.0 Å². The minimum Gasteiger partial charge on any atom is -0.481 e. The Hall–Kier alpha value is -2.56. The summed E-state index contributed by atoms with van der Waals surface area (Å²) in [5, 5.41) is 8.76. The molecule has 21 heavy (non-hydrogen) atoms. The van der Waals surface area contributed by atoms with Gasteiger partial charge in [0.1, 0.15) is 6.61 Å². The lowest BCUT2D eigenvalue weighted by molar-refractivity contribution is 0.308. The van der Waals surface area contributed by atoms with Gasteiger partial charge in [-0.15, -0.1) is 0 Å². The fourth-order valence-electron chi connectivity index (χ4n) is 1.40. The average Bonchev–Trinajstić information content (AvgIpc) is 2.45. The number of hydrogen-bond acceptors (Lipinski definition) is 2. The van der Waals surface area contributed by atoms with Gasteiger partial charge in [0.05, 0.1) is 0 Å². The van der Waals surface area contributed by atoms with Crippen LogP contribution in [-0.2, 0) is 6.61 Å². The van der Waals surface area contributed by atoms with Crippen LogP contribution in [0.4, 0.5) is 23.0 Å². The fourth-order valence-corrected chi connectivity index (χ4v) is 1.40. The first-order valence-electron chi connectivity index (χ1n) is 5.88. The number of rotatable bonds is 3. The van der Waals surface area contributed by atoms with Gasteiger partial charge in [-0.05, 0) is 11.6 Å². The smallest absolute Gasteiger partial charge is 0.481 e. The van der Waals surface area contributed by atoms with E-state index in [1.54, 1.807) is 18.2 Å². The normalized spacial score (nSPS) is 10.0. The molecule has 0 saturated heterocycles. The van der Waals surface area contributed by atoms with Crippen LogP contribution in [-0.4, -0.2) is 7.25 Å². The Morgan fingerprint density at radius 1 is 0.905 bits per heavy atom. The Morgan fingerprint density at radius 3 is 2.00 bits per heavy atom. The van der Waals surface area contributed by atoms with Crippen LogP contribution in [0.5, 0.6) is 5.75 Å². The molecule has 0 unspecified atom stereocenters. The van der Waals surface area contributed by atoms with E-state index in [9.17, 15) is 17.3 Å². The number of ether oxygens (including phenoxy) is 1. The van der Waals surface area contributed by atoms with E-state index in [1.807, 2.05) is 36.4 Å². The Bertz CT molecular complexity index is 593. The van der Waals surface area contributed by atoms with Gasteiger partial charge >= 0.3 is 12.9 Å². The molecule has 2 aromatic rings. The minimum absolute atomic E-state index is 0.443. The van der Waals surface area contributed by atoms with Gasteiger partial charge in [0, 0.05) is 6.07 Å². The van der Waals surface area contributed by atoms with E-state index in [-0.39, 0.29) is 0 Å². The molecule has 0 amide bonds. The summed E-state index contributed by atoms with van der Waals surface area (Å²) in [6.45, 7) is 0.466. The zero-order valence-corrected chi connectivity index (χ0v) is 10.8. The van der Waals surface area contributed by atoms with Gasteiger partial charge in [-0.1, -0.05) is 42.5 Å². The SMILES string of the molecule is F[B-](F)(F)F.N#[N+]c1ccccc1OCc1ccccc1. The summed E-state index contributed by atoms with van der Waals surface area (Å²) in [5.74, 6) is 0.578. The number of benzene rings is 2. The van der Waals surface area contributed by atoms with E-state index < -0.39 is 7.25 Å². The maximum Gasteiger partial charge on any atom is 0.673 e. The van der Waals surface area contributed by atoms with Crippen LogP contribution >= 0.6 is 0 Å². The van der Waals surface area contributed by atoms with Gasteiger partial charge in [0.25, 0.3) is 0 Å². The second-order valence-corrected chi connectivity index (χ2v) is 3.84. The quantitative estimate of drug-likeness (QED) is 0.451. The third-order valence-corrected chi connectivity index (χ3v) is 2.21. The summed E-state index contributed by atoms with van der Waals surface area (Å²) in [6.07, 6.45) is 0. The predicted octanol–water partition coefficient (Wildman–Crippen LogP) is 5.05. The molecule has 2 rings (SSSR count). The number of halogens is 4. The summed E-state index contributed by atoms with van der Waals surface area (Å²) in [6, 6.07) is 17.0. The number of para-hydroxylation sites is 1.